The first-order valence-corrected chi connectivity index (χ1v) is 8.73. The molecular weight excluding hydrogens is 304 g/mol. The number of carbonyl (C=O) groups excluding carboxylic acids is 1. The number of amides is 1. The lowest BCUT2D eigenvalue weighted by Gasteiger charge is -2.10. The zero-order valence-corrected chi connectivity index (χ0v) is 13.8. The lowest BCUT2D eigenvalue weighted by Crippen LogP contribution is -2.25. The molecule has 2 aromatic heterocycles. The highest BCUT2D eigenvalue weighted by Gasteiger charge is 2.27. The predicted molar refractivity (Wildman–Crippen MR) is 94.3 cm³/mol. The summed E-state index contributed by atoms with van der Waals surface area (Å²) in [5, 5.41) is 5.19. The molecule has 0 radical (unpaired) electrons. The van der Waals surface area contributed by atoms with Crippen LogP contribution in [-0.2, 0) is 0 Å². The monoisotopic (exact) mass is 322 g/mol. The Morgan fingerprint density at radius 2 is 1.87 bits per heavy atom. The van der Waals surface area contributed by atoms with Gasteiger partial charge in [0, 0.05) is 29.4 Å². The number of hydrogen-bond acceptors (Lipinski definition) is 2. The molecule has 1 aliphatic carbocycles. The van der Waals surface area contributed by atoms with Gasteiger partial charge in [0.25, 0.3) is 5.91 Å². The smallest absolute Gasteiger partial charge is 0.263 e. The Morgan fingerprint density at radius 3 is 2.52 bits per heavy atom. The van der Waals surface area contributed by atoms with E-state index >= 15 is 0 Å². The van der Waals surface area contributed by atoms with E-state index in [-0.39, 0.29) is 5.91 Å². The van der Waals surface area contributed by atoms with Crippen LogP contribution in [0.25, 0.3) is 16.8 Å². The number of nitrogens with zero attached hydrogens (tertiary/aromatic N) is 1. The molecule has 0 aliphatic heterocycles. The minimum atomic E-state index is 0.0413. The molecule has 1 aliphatic rings. The third-order valence-electron chi connectivity index (χ3n) is 4.11. The van der Waals surface area contributed by atoms with Crippen molar-refractivity contribution in [3.63, 3.8) is 0 Å². The topological polar surface area (TPSA) is 34.0 Å². The molecule has 1 fully saturated rings. The molecule has 1 saturated carbocycles. The molecule has 2 heterocycles. The van der Waals surface area contributed by atoms with Crippen molar-refractivity contribution in [2.75, 3.05) is 0 Å². The Hall–Kier alpha value is -2.33. The van der Waals surface area contributed by atoms with Crippen LogP contribution in [0.15, 0.2) is 54.2 Å². The number of aromatic nitrogens is 1. The molecular formula is C19H18N2OS. The average molecular weight is 322 g/mol. The summed E-state index contributed by atoms with van der Waals surface area (Å²) in [7, 11) is 0. The largest absolute Gasteiger partial charge is 0.349 e. The Morgan fingerprint density at radius 1 is 1.17 bits per heavy atom. The van der Waals surface area contributed by atoms with Gasteiger partial charge in [0.05, 0.1) is 5.69 Å². The molecule has 0 unspecified atom stereocenters. The molecule has 116 valence electrons. The lowest BCUT2D eigenvalue weighted by molar-refractivity contribution is 0.0955. The van der Waals surface area contributed by atoms with Crippen molar-refractivity contribution in [3.05, 3.63) is 64.6 Å². The summed E-state index contributed by atoms with van der Waals surface area (Å²) in [6.07, 6.45) is 6.18. The zero-order chi connectivity index (χ0) is 15.8. The van der Waals surface area contributed by atoms with Crippen LogP contribution in [-0.4, -0.2) is 16.5 Å². The van der Waals surface area contributed by atoms with Crippen LogP contribution in [0.1, 0.15) is 28.1 Å². The van der Waals surface area contributed by atoms with Gasteiger partial charge in [-0.2, -0.15) is 0 Å². The molecule has 4 rings (SSSR count). The third kappa shape index (κ3) is 2.82. The van der Waals surface area contributed by atoms with Gasteiger partial charge in [-0.05, 0) is 37.5 Å². The molecule has 1 N–H and O–H groups in total. The van der Waals surface area contributed by atoms with Crippen molar-refractivity contribution in [2.45, 2.75) is 25.8 Å². The number of aryl methyl sites for hydroxylation is 1. The molecule has 0 spiro atoms. The normalized spacial score (nSPS) is 14.0. The van der Waals surface area contributed by atoms with Crippen molar-refractivity contribution in [1.29, 1.82) is 0 Å². The first kappa shape index (κ1) is 14.3. The zero-order valence-electron chi connectivity index (χ0n) is 13.0. The van der Waals surface area contributed by atoms with Gasteiger partial charge in [0.15, 0.2) is 0 Å². The highest BCUT2D eigenvalue weighted by molar-refractivity contribution is 7.13. The number of hydrogen-bond donors (Lipinski definition) is 1. The predicted octanol–water partition coefficient (Wildman–Crippen LogP) is 4.41. The van der Waals surface area contributed by atoms with E-state index in [9.17, 15) is 4.79 Å². The van der Waals surface area contributed by atoms with Crippen molar-refractivity contribution < 1.29 is 4.79 Å². The summed E-state index contributed by atoms with van der Waals surface area (Å²) in [4.78, 5) is 13.4. The Kier molecular flexibility index (Phi) is 3.54. The quantitative estimate of drug-likeness (QED) is 0.758. The molecule has 3 nitrogen and oxygen atoms in total. The van der Waals surface area contributed by atoms with E-state index in [2.05, 4.69) is 41.9 Å². The molecule has 1 aromatic carbocycles. The number of rotatable bonds is 4. The van der Waals surface area contributed by atoms with E-state index in [0.29, 0.717) is 6.04 Å². The fourth-order valence-electron chi connectivity index (χ4n) is 2.67. The van der Waals surface area contributed by atoms with Crippen LogP contribution in [0.2, 0.25) is 0 Å². The van der Waals surface area contributed by atoms with Crippen LogP contribution in [0.5, 0.6) is 0 Å². The first-order chi connectivity index (χ1) is 11.2. The molecule has 3 aromatic rings. The lowest BCUT2D eigenvalue weighted by atomic mass is 10.0. The van der Waals surface area contributed by atoms with Crippen LogP contribution in [0.4, 0.5) is 0 Å². The fraction of sp³-hybridized carbons (Fsp3) is 0.211. The van der Waals surface area contributed by atoms with Gasteiger partial charge in [-0.3, -0.25) is 4.79 Å². The average Bonchev–Trinajstić information content (AvgIpc) is 3.05. The van der Waals surface area contributed by atoms with E-state index in [1.54, 1.807) is 0 Å². The van der Waals surface area contributed by atoms with E-state index in [1.165, 1.54) is 16.9 Å². The third-order valence-corrected chi connectivity index (χ3v) is 5.08. The molecule has 23 heavy (non-hydrogen) atoms. The van der Waals surface area contributed by atoms with Gasteiger partial charge < -0.3 is 9.88 Å². The maximum Gasteiger partial charge on any atom is 0.263 e. The summed E-state index contributed by atoms with van der Waals surface area (Å²) >= 11 is 1.52. The summed E-state index contributed by atoms with van der Waals surface area (Å²) in [5.74, 6) is 0.0413. The minimum absolute atomic E-state index is 0.0413. The Bertz CT molecular complexity index is 827. The van der Waals surface area contributed by atoms with E-state index < -0.39 is 0 Å². The van der Waals surface area contributed by atoms with Gasteiger partial charge in [-0.15, -0.1) is 11.3 Å². The first-order valence-electron chi connectivity index (χ1n) is 7.85. The molecule has 1 amide bonds. The molecule has 0 saturated heterocycles. The van der Waals surface area contributed by atoms with Crippen molar-refractivity contribution in [3.8, 4) is 16.8 Å². The van der Waals surface area contributed by atoms with Crippen LogP contribution in [0.3, 0.4) is 0 Å². The van der Waals surface area contributed by atoms with Crippen LogP contribution < -0.4 is 5.32 Å². The summed E-state index contributed by atoms with van der Waals surface area (Å²) in [5.41, 5.74) is 4.45. The van der Waals surface area contributed by atoms with Crippen molar-refractivity contribution >= 4 is 17.2 Å². The van der Waals surface area contributed by atoms with Gasteiger partial charge >= 0.3 is 0 Å². The molecule has 0 bridgehead atoms. The van der Waals surface area contributed by atoms with E-state index in [4.69, 9.17) is 0 Å². The number of nitrogens with one attached hydrogen (secondary N) is 1. The van der Waals surface area contributed by atoms with Gasteiger partial charge in [0.1, 0.15) is 4.88 Å². The van der Waals surface area contributed by atoms with Gasteiger partial charge in [0.2, 0.25) is 0 Å². The van der Waals surface area contributed by atoms with Crippen molar-refractivity contribution in [2.24, 2.45) is 0 Å². The Balaban J connectivity index is 1.81. The maximum absolute atomic E-state index is 12.6. The SMILES string of the molecule is Cc1ccc(-c2csc(C(=O)NC3CC3)c2-n2cccc2)cc1. The highest BCUT2D eigenvalue weighted by atomic mass is 32.1. The Labute approximate surface area is 139 Å². The van der Waals surface area contributed by atoms with Crippen LogP contribution >= 0.6 is 11.3 Å². The van der Waals surface area contributed by atoms with E-state index in [0.717, 1.165) is 34.5 Å². The minimum Gasteiger partial charge on any atom is -0.349 e. The van der Waals surface area contributed by atoms with Crippen LogP contribution in [0, 0.1) is 6.92 Å². The van der Waals surface area contributed by atoms with Crippen molar-refractivity contribution in [1.82, 2.24) is 9.88 Å². The standard InChI is InChI=1S/C19H18N2OS/c1-13-4-6-14(7-5-13)16-12-23-18(19(22)20-15-8-9-15)17(16)21-10-2-3-11-21/h2-7,10-12,15H,8-9H2,1H3,(H,20,22). The summed E-state index contributed by atoms with van der Waals surface area (Å²) < 4.78 is 2.04. The number of carbonyl (C=O) groups is 1. The highest BCUT2D eigenvalue weighted by Crippen LogP contribution is 2.35. The molecule has 0 atom stereocenters. The second kappa shape index (κ2) is 5.70. The van der Waals surface area contributed by atoms with E-state index in [1.807, 2.05) is 29.1 Å². The molecule has 4 heteroatoms. The second-order valence-electron chi connectivity index (χ2n) is 6.03. The summed E-state index contributed by atoms with van der Waals surface area (Å²) in [6.45, 7) is 2.08. The maximum atomic E-state index is 12.6. The fourth-order valence-corrected chi connectivity index (χ4v) is 3.65. The second-order valence-corrected chi connectivity index (χ2v) is 6.91. The summed E-state index contributed by atoms with van der Waals surface area (Å²) in [6, 6.07) is 12.8. The van der Waals surface area contributed by atoms with Gasteiger partial charge in [-0.1, -0.05) is 29.8 Å². The number of thiophene rings is 1. The van der Waals surface area contributed by atoms with Gasteiger partial charge in [-0.25, -0.2) is 0 Å². The number of benzene rings is 1.